The van der Waals surface area contributed by atoms with E-state index in [1.165, 1.54) is 6.92 Å². The summed E-state index contributed by atoms with van der Waals surface area (Å²) in [5, 5.41) is 14.8. The van der Waals surface area contributed by atoms with Crippen molar-refractivity contribution < 1.29 is 38.4 Å². The van der Waals surface area contributed by atoms with Gasteiger partial charge in [-0.05, 0) is 68.6 Å². The number of esters is 2. The smallest absolute Gasteiger partial charge is 0.352 e. The van der Waals surface area contributed by atoms with Crippen molar-refractivity contribution in [3.63, 3.8) is 0 Å². The molecular weight excluding hydrogens is 516 g/mol. The molecule has 0 saturated heterocycles. The normalized spacial score (nSPS) is 28.9. The van der Waals surface area contributed by atoms with E-state index in [2.05, 4.69) is 11.4 Å². The molecule has 1 aromatic carbocycles. The van der Waals surface area contributed by atoms with Crippen LogP contribution in [0.4, 0.5) is 0 Å². The van der Waals surface area contributed by atoms with E-state index in [0.29, 0.717) is 36.5 Å². The van der Waals surface area contributed by atoms with Crippen LogP contribution in [0.25, 0.3) is 0 Å². The highest BCUT2D eigenvalue weighted by Gasteiger charge is 2.71. The van der Waals surface area contributed by atoms with Gasteiger partial charge in [0, 0.05) is 12.1 Å². The summed E-state index contributed by atoms with van der Waals surface area (Å²) in [5.74, 6) is 0.136. The van der Waals surface area contributed by atoms with Crippen molar-refractivity contribution in [2.75, 3.05) is 13.7 Å². The number of benzene rings is 1. The Bertz CT molecular complexity index is 1230. The average molecular weight is 557 g/mol. The molecule has 10 nitrogen and oxygen atoms in total. The van der Waals surface area contributed by atoms with Crippen molar-refractivity contribution in [1.82, 2.24) is 5.32 Å². The highest BCUT2D eigenvalue weighted by atomic mass is 16.6. The Morgan fingerprint density at radius 2 is 2.02 bits per heavy atom. The number of aliphatic hydroxyl groups is 1. The molecule has 1 amide bonds. The first-order valence-corrected chi connectivity index (χ1v) is 14.3. The van der Waals surface area contributed by atoms with Crippen LogP contribution in [0.1, 0.15) is 70.4 Å². The molecule has 10 heteroatoms. The average Bonchev–Trinajstić information content (AvgIpc) is 3.24. The van der Waals surface area contributed by atoms with Gasteiger partial charge in [0.15, 0.2) is 23.7 Å². The summed E-state index contributed by atoms with van der Waals surface area (Å²) in [5.41, 5.74) is 6.20. The molecule has 1 aliphatic heterocycles. The molecule has 0 unspecified atom stereocenters. The first kappa shape index (κ1) is 28.4. The number of hydrogen-bond acceptors (Lipinski definition) is 9. The second-order valence-electron chi connectivity index (χ2n) is 12.0. The maximum Gasteiger partial charge on any atom is 0.352 e. The third kappa shape index (κ3) is 4.55. The summed E-state index contributed by atoms with van der Waals surface area (Å²) in [6, 6.07) is 3.30. The van der Waals surface area contributed by atoms with Crippen molar-refractivity contribution in [3.8, 4) is 11.5 Å². The van der Waals surface area contributed by atoms with Crippen LogP contribution in [0.3, 0.4) is 0 Å². The van der Waals surface area contributed by atoms with Crippen LogP contribution < -0.4 is 20.5 Å². The third-order valence-electron chi connectivity index (χ3n) is 9.02. The molecular formula is C30H40N2O8. The van der Waals surface area contributed by atoms with E-state index in [4.69, 9.17) is 24.7 Å². The van der Waals surface area contributed by atoms with Crippen molar-refractivity contribution in [2.24, 2.45) is 17.6 Å². The molecule has 0 aromatic heterocycles. The minimum atomic E-state index is -1.18. The summed E-state index contributed by atoms with van der Waals surface area (Å²) < 4.78 is 23.2. The first-order chi connectivity index (χ1) is 19.0. The number of ether oxygens (including phenoxy) is 4. The lowest BCUT2D eigenvalue weighted by Gasteiger charge is -2.59. The Hall–Kier alpha value is -3.11. The van der Waals surface area contributed by atoms with Gasteiger partial charge in [0.25, 0.3) is 0 Å². The van der Waals surface area contributed by atoms with Gasteiger partial charge in [-0.3, -0.25) is 9.59 Å². The van der Waals surface area contributed by atoms with E-state index in [0.717, 1.165) is 30.4 Å². The molecule has 1 saturated carbocycles. The van der Waals surface area contributed by atoms with Gasteiger partial charge < -0.3 is 35.1 Å². The summed E-state index contributed by atoms with van der Waals surface area (Å²) in [6.07, 6.45) is 3.95. The van der Waals surface area contributed by atoms with Crippen molar-refractivity contribution >= 4 is 17.8 Å². The van der Waals surface area contributed by atoms with Gasteiger partial charge in [-0.15, -0.1) is 0 Å². The molecule has 5 rings (SSSR count). The number of nitrogens with two attached hydrogens (primary N) is 1. The van der Waals surface area contributed by atoms with Gasteiger partial charge in [0.05, 0.1) is 30.6 Å². The second-order valence-corrected chi connectivity index (χ2v) is 12.0. The standard InChI is InChI=1S/C30H40N2O8/c1-16(2)14-20(31)27(34)32-13-10-23(33)38-17(3)28(35)39-22-9-12-30(36)19-6-5-11-29(30)24-18(15-19)7-8-21(37-4)25(24)40-26(22)29/h7-9,16-17,19-20,26,36H,5-6,10-15,31H2,1-4H3,(H,32,34)/t17-,19-,20-,26+,29+,30-/m0/s1. The van der Waals surface area contributed by atoms with Gasteiger partial charge in [0.2, 0.25) is 5.91 Å². The maximum absolute atomic E-state index is 13.0. The molecule has 1 fully saturated rings. The maximum atomic E-state index is 13.0. The van der Waals surface area contributed by atoms with Crippen LogP contribution in [0.15, 0.2) is 24.0 Å². The van der Waals surface area contributed by atoms with Crippen LogP contribution in [-0.4, -0.2) is 60.5 Å². The molecule has 2 bridgehead atoms. The van der Waals surface area contributed by atoms with E-state index in [1.807, 2.05) is 19.9 Å². The van der Waals surface area contributed by atoms with Gasteiger partial charge in [-0.1, -0.05) is 26.3 Å². The van der Waals surface area contributed by atoms with Gasteiger partial charge in [-0.2, -0.15) is 0 Å². The summed E-state index contributed by atoms with van der Waals surface area (Å²) in [6.45, 7) is 5.44. The fraction of sp³-hybridized carbons (Fsp3) is 0.633. The van der Waals surface area contributed by atoms with E-state index in [9.17, 15) is 19.5 Å². The summed E-state index contributed by atoms with van der Waals surface area (Å²) >= 11 is 0. The third-order valence-corrected chi connectivity index (χ3v) is 9.02. The minimum Gasteiger partial charge on any atom is -0.493 e. The zero-order chi connectivity index (χ0) is 28.8. The lowest BCUT2D eigenvalue weighted by atomic mass is 9.47. The second kappa shape index (κ2) is 10.7. The Kier molecular flexibility index (Phi) is 7.60. The van der Waals surface area contributed by atoms with Crippen LogP contribution in [0, 0.1) is 11.8 Å². The van der Waals surface area contributed by atoms with E-state index >= 15 is 0 Å². The van der Waals surface area contributed by atoms with Crippen LogP contribution >= 0.6 is 0 Å². The first-order valence-electron chi connectivity index (χ1n) is 14.3. The van der Waals surface area contributed by atoms with Crippen molar-refractivity contribution in [3.05, 3.63) is 35.1 Å². The van der Waals surface area contributed by atoms with Gasteiger partial charge >= 0.3 is 11.9 Å². The highest BCUT2D eigenvalue weighted by molar-refractivity contribution is 5.83. The highest BCUT2D eigenvalue weighted by Crippen LogP contribution is 2.67. The minimum absolute atomic E-state index is 0.0526. The molecule has 40 heavy (non-hydrogen) atoms. The Balaban J connectivity index is 1.25. The Labute approximate surface area is 234 Å². The molecule has 0 radical (unpaired) electrons. The fourth-order valence-electron chi connectivity index (χ4n) is 7.22. The lowest BCUT2D eigenvalue weighted by molar-refractivity contribution is -0.171. The van der Waals surface area contributed by atoms with Gasteiger partial charge in [-0.25, -0.2) is 4.79 Å². The number of nitrogens with one attached hydrogen (secondary N) is 1. The van der Waals surface area contributed by atoms with E-state index in [-0.39, 0.29) is 30.7 Å². The van der Waals surface area contributed by atoms with Crippen molar-refractivity contribution in [1.29, 1.82) is 0 Å². The molecule has 1 spiro atoms. The molecule has 1 aromatic rings. The predicted octanol–water partition coefficient (Wildman–Crippen LogP) is 2.42. The monoisotopic (exact) mass is 556 g/mol. The van der Waals surface area contributed by atoms with Crippen LogP contribution in [0.5, 0.6) is 11.5 Å². The van der Waals surface area contributed by atoms with Crippen LogP contribution in [-0.2, 0) is 35.7 Å². The number of methoxy groups -OCH3 is 1. The molecule has 218 valence electrons. The Morgan fingerprint density at radius 1 is 1.25 bits per heavy atom. The molecule has 1 heterocycles. The number of rotatable bonds is 10. The molecule has 4 aliphatic rings. The van der Waals surface area contributed by atoms with Crippen LogP contribution in [0.2, 0.25) is 0 Å². The zero-order valence-electron chi connectivity index (χ0n) is 23.7. The fourth-order valence-corrected chi connectivity index (χ4v) is 7.22. The van der Waals surface area contributed by atoms with E-state index in [1.54, 1.807) is 13.2 Å². The SMILES string of the molecule is COc1ccc2c3c1O[C@@H]1C(OC(=O)[C@H](C)OC(=O)CCNC(=O)[C@@H](N)CC(C)C)=CC[C@]4(O)[C@@H](CCC[C@@]314)C2. The van der Waals surface area contributed by atoms with Crippen molar-refractivity contribution in [2.45, 2.75) is 95.0 Å². The number of carbonyl (C=O) groups excluding carboxylic acids is 3. The molecule has 4 N–H and O–H groups in total. The summed E-state index contributed by atoms with van der Waals surface area (Å²) in [7, 11) is 1.58. The summed E-state index contributed by atoms with van der Waals surface area (Å²) in [4.78, 5) is 37.5. The zero-order valence-corrected chi connectivity index (χ0v) is 23.7. The molecule has 3 aliphatic carbocycles. The largest absolute Gasteiger partial charge is 0.493 e. The lowest BCUT2D eigenvalue weighted by Crippen LogP contribution is -2.67. The molecule has 6 atom stereocenters. The predicted molar refractivity (Wildman–Crippen MR) is 144 cm³/mol. The van der Waals surface area contributed by atoms with E-state index < -0.39 is 41.2 Å². The van der Waals surface area contributed by atoms with Gasteiger partial charge in [0.1, 0.15) is 5.76 Å². The number of amides is 1. The number of hydrogen-bond donors (Lipinski definition) is 3. The Morgan fingerprint density at radius 3 is 2.75 bits per heavy atom. The topological polar surface area (TPSA) is 146 Å². The quantitative estimate of drug-likeness (QED) is 0.370. The number of carbonyl (C=O) groups is 3.